The Morgan fingerprint density at radius 2 is 2.16 bits per heavy atom. The summed E-state index contributed by atoms with van der Waals surface area (Å²) in [7, 11) is 1.99. The van der Waals surface area contributed by atoms with E-state index >= 15 is 0 Å². The molecule has 31 heavy (non-hydrogen) atoms. The summed E-state index contributed by atoms with van der Waals surface area (Å²) in [5, 5.41) is 17.7. The number of aryl methyl sites for hydroxylation is 1. The molecule has 0 saturated carbocycles. The number of piperidine rings is 1. The van der Waals surface area contributed by atoms with E-state index < -0.39 is 0 Å². The molecule has 4 heterocycles. The largest absolute Gasteiger partial charge is 0.381 e. The SMILES string of the molecule is Cc1nnc(CN=C(NCCc2cccs2)NC2CCN(CC3CCOC3)CC2)n1C. The predicted octanol–water partition coefficient (Wildman–Crippen LogP) is 1.96. The summed E-state index contributed by atoms with van der Waals surface area (Å²) in [6, 6.07) is 4.74. The molecule has 170 valence electrons. The van der Waals surface area contributed by atoms with Crippen molar-refractivity contribution in [3.63, 3.8) is 0 Å². The Kier molecular flexibility index (Phi) is 7.93. The van der Waals surface area contributed by atoms with Gasteiger partial charge < -0.3 is 24.8 Å². The molecule has 0 aliphatic carbocycles. The summed E-state index contributed by atoms with van der Waals surface area (Å²) in [4.78, 5) is 8.81. The lowest BCUT2D eigenvalue weighted by Gasteiger charge is -2.34. The number of nitrogens with one attached hydrogen (secondary N) is 2. The van der Waals surface area contributed by atoms with E-state index in [0.29, 0.717) is 12.6 Å². The van der Waals surface area contributed by atoms with Gasteiger partial charge in [0.05, 0.1) is 6.61 Å². The Labute approximate surface area is 189 Å². The fourth-order valence-electron chi connectivity index (χ4n) is 4.20. The fraction of sp³-hybridized carbons (Fsp3) is 0.682. The highest BCUT2D eigenvalue weighted by molar-refractivity contribution is 7.09. The number of thiophene rings is 1. The first-order valence-electron chi connectivity index (χ1n) is 11.4. The van der Waals surface area contributed by atoms with Gasteiger partial charge in [0.1, 0.15) is 12.4 Å². The van der Waals surface area contributed by atoms with Gasteiger partial charge in [-0.15, -0.1) is 21.5 Å². The first-order chi connectivity index (χ1) is 15.2. The third-order valence-electron chi connectivity index (χ3n) is 6.27. The molecule has 0 aromatic carbocycles. The van der Waals surface area contributed by atoms with Crippen molar-refractivity contribution in [2.45, 2.75) is 45.2 Å². The molecule has 9 heteroatoms. The van der Waals surface area contributed by atoms with Crippen LogP contribution >= 0.6 is 11.3 Å². The van der Waals surface area contributed by atoms with Crippen LogP contribution in [0.3, 0.4) is 0 Å². The Hall–Kier alpha value is -1.97. The minimum absolute atomic E-state index is 0.449. The number of hydrogen-bond acceptors (Lipinski definition) is 6. The van der Waals surface area contributed by atoms with Crippen molar-refractivity contribution >= 4 is 17.3 Å². The Morgan fingerprint density at radius 3 is 2.84 bits per heavy atom. The minimum Gasteiger partial charge on any atom is -0.381 e. The molecule has 0 amide bonds. The fourth-order valence-corrected chi connectivity index (χ4v) is 4.90. The normalized spacial score (nSPS) is 21.0. The van der Waals surface area contributed by atoms with E-state index in [0.717, 1.165) is 75.6 Å². The van der Waals surface area contributed by atoms with Crippen LogP contribution in [0, 0.1) is 12.8 Å². The van der Waals surface area contributed by atoms with Gasteiger partial charge in [0.25, 0.3) is 0 Å². The zero-order valence-electron chi connectivity index (χ0n) is 18.7. The lowest BCUT2D eigenvalue weighted by molar-refractivity contribution is 0.150. The molecular formula is C22H35N7OS. The third-order valence-corrected chi connectivity index (χ3v) is 7.21. The van der Waals surface area contributed by atoms with E-state index in [1.54, 1.807) is 11.3 Å². The Morgan fingerprint density at radius 1 is 1.29 bits per heavy atom. The van der Waals surface area contributed by atoms with E-state index in [1.807, 2.05) is 18.5 Å². The molecule has 2 N–H and O–H groups in total. The zero-order valence-corrected chi connectivity index (χ0v) is 19.5. The molecule has 2 aromatic rings. The summed E-state index contributed by atoms with van der Waals surface area (Å²) in [5.41, 5.74) is 0. The van der Waals surface area contributed by atoms with Crippen LogP contribution in [0.5, 0.6) is 0 Å². The molecule has 2 aliphatic rings. The summed E-state index contributed by atoms with van der Waals surface area (Å²) in [6.45, 7) is 8.67. The van der Waals surface area contributed by atoms with E-state index in [4.69, 9.17) is 9.73 Å². The average molecular weight is 446 g/mol. The van der Waals surface area contributed by atoms with Crippen LogP contribution < -0.4 is 10.6 Å². The second-order valence-corrected chi connectivity index (χ2v) is 9.62. The molecule has 0 radical (unpaired) electrons. The zero-order chi connectivity index (χ0) is 21.5. The van der Waals surface area contributed by atoms with Crippen molar-refractivity contribution < 1.29 is 4.74 Å². The Bertz CT molecular complexity index is 821. The molecule has 8 nitrogen and oxygen atoms in total. The number of hydrogen-bond donors (Lipinski definition) is 2. The quantitative estimate of drug-likeness (QED) is 0.478. The summed E-state index contributed by atoms with van der Waals surface area (Å²) in [6.07, 6.45) is 4.50. The number of guanidine groups is 1. The summed E-state index contributed by atoms with van der Waals surface area (Å²) < 4.78 is 7.53. The van der Waals surface area contributed by atoms with Gasteiger partial charge in [-0.2, -0.15) is 0 Å². The van der Waals surface area contributed by atoms with Crippen LogP contribution in [0.15, 0.2) is 22.5 Å². The van der Waals surface area contributed by atoms with E-state index in [-0.39, 0.29) is 0 Å². The van der Waals surface area contributed by atoms with Crippen molar-refractivity contribution in [3.05, 3.63) is 34.0 Å². The first kappa shape index (κ1) is 22.2. The minimum atomic E-state index is 0.449. The van der Waals surface area contributed by atoms with Crippen LogP contribution in [-0.2, 0) is 24.8 Å². The topological polar surface area (TPSA) is 79.6 Å². The van der Waals surface area contributed by atoms with Gasteiger partial charge in [0, 0.05) is 50.8 Å². The van der Waals surface area contributed by atoms with E-state index in [2.05, 4.69) is 43.2 Å². The molecule has 2 aromatic heterocycles. The molecule has 0 bridgehead atoms. The van der Waals surface area contributed by atoms with Crippen LogP contribution in [0.25, 0.3) is 0 Å². The number of rotatable bonds is 8. The summed E-state index contributed by atoms with van der Waals surface area (Å²) in [5.74, 6) is 3.38. The maximum Gasteiger partial charge on any atom is 0.191 e. The van der Waals surface area contributed by atoms with Gasteiger partial charge in [-0.25, -0.2) is 4.99 Å². The molecule has 2 aliphatic heterocycles. The van der Waals surface area contributed by atoms with Crippen molar-refractivity contribution in [2.24, 2.45) is 18.0 Å². The molecule has 0 spiro atoms. The van der Waals surface area contributed by atoms with Crippen molar-refractivity contribution in [3.8, 4) is 0 Å². The van der Waals surface area contributed by atoms with Gasteiger partial charge in [-0.1, -0.05) is 6.07 Å². The van der Waals surface area contributed by atoms with Crippen molar-refractivity contribution in [1.29, 1.82) is 0 Å². The predicted molar refractivity (Wildman–Crippen MR) is 124 cm³/mol. The highest BCUT2D eigenvalue weighted by Gasteiger charge is 2.24. The molecular weight excluding hydrogens is 410 g/mol. The lowest BCUT2D eigenvalue weighted by Crippen LogP contribution is -2.49. The second kappa shape index (κ2) is 11.1. The standard InChI is InChI=1S/C22H35N7OS/c1-17-26-27-21(28(17)2)14-24-22(23-9-5-20-4-3-13-31-20)25-19-6-10-29(11-7-19)15-18-8-12-30-16-18/h3-4,13,18-19H,5-12,14-16H2,1-2H3,(H2,23,24,25). The number of ether oxygens (including phenoxy) is 1. The van der Waals surface area contributed by atoms with Gasteiger partial charge >= 0.3 is 0 Å². The molecule has 1 unspecified atom stereocenters. The number of nitrogens with zero attached hydrogens (tertiary/aromatic N) is 5. The van der Waals surface area contributed by atoms with Crippen LogP contribution in [0.4, 0.5) is 0 Å². The Balaban J connectivity index is 1.30. The van der Waals surface area contributed by atoms with Crippen molar-refractivity contribution in [1.82, 2.24) is 30.3 Å². The lowest BCUT2D eigenvalue weighted by atomic mass is 10.0. The number of aliphatic imine (C=N–C) groups is 1. The van der Waals surface area contributed by atoms with E-state index in [1.165, 1.54) is 17.8 Å². The third kappa shape index (κ3) is 6.51. The van der Waals surface area contributed by atoms with E-state index in [9.17, 15) is 0 Å². The van der Waals surface area contributed by atoms with Gasteiger partial charge in [-0.05, 0) is 50.0 Å². The number of likely N-dealkylation sites (tertiary alicyclic amines) is 1. The van der Waals surface area contributed by atoms with Crippen molar-refractivity contribution in [2.75, 3.05) is 39.4 Å². The van der Waals surface area contributed by atoms with Gasteiger partial charge in [0.15, 0.2) is 11.8 Å². The second-order valence-electron chi connectivity index (χ2n) is 8.59. The maximum atomic E-state index is 5.54. The van der Waals surface area contributed by atoms with Crippen LogP contribution in [0.1, 0.15) is 35.8 Å². The van der Waals surface area contributed by atoms with Crippen LogP contribution in [0.2, 0.25) is 0 Å². The highest BCUT2D eigenvalue weighted by atomic mass is 32.1. The average Bonchev–Trinajstić information content (AvgIpc) is 3.53. The highest BCUT2D eigenvalue weighted by Crippen LogP contribution is 2.17. The maximum absolute atomic E-state index is 5.54. The smallest absolute Gasteiger partial charge is 0.191 e. The summed E-state index contributed by atoms with van der Waals surface area (Å²) >= 11 is 1.80. The molecule has 2 saturated heterocycles. The first-order valence-corrected chi connectivity index (χ1v) is 12.3. The molecule has 2 fully saturated rings. The van der Waals surface area contributed by atoms with Gasteiger partial charge in [-0.3, -0.25) is 0 Å². The van der Waals surface area contributed by atoms with Crippen LogP contribution in [-0.4, -0.2) is 71.1 Å². The monoisotopic (exact) mass is 445 g/mol. The number of aromatic nitrogens is 3. The van der Waals surface area contributed by atoms with Gasteiger partial charge in [0.2, 0.25) is 0 Å². The molecule has 1 atom stereocenters. The molecule has 4 rings (SSSR count).